The van der Waals surface area contributed by atoms with E-state index in [2.05, 4.69) is 0 Å². The fourth-order valence-corrected chi connectivity index (χ4v) is 2.91. The molecule has 100 valence electrons. The summed E-state index contributed by atoms with van der Waals surface area (Å²) in [5.41, 5.74) is 7.90. The van der Waals surface area contributed by atoms with Gasteiger partial charge < -0.3 is 10.8 Å². The third kappa shape index (κ3) is 3.18. The molecule has 3 N–H and O–H groups in total. The van der Waals surface area contributed by atoms with E-state index < -0.39 is 6.10 Å². The molecule has 3 heteroatoms. The molecule has 0 aromatic heterocycles. The Kier molecular flexibility index (Phi) is 5.02. The van der Waals surface area contributed by atoms with Gasteiger partial charge in [0.05, 0.1) is 6.10 Å². The van der Waals surface area contributed by atoms with Crippen LogP contribution in [0.25, 0.3) is 0 Å². The van der Waals surface area contributed by atoms with Gasteiger partial charge in [0.2, 0.25) is 0 Å². The van der Waals surface area contributed by atoms with Crippen molar-refractivity contribution in [3.05, 3.63) is 65.7 Å². The Bertz CT molecular complexity index is 515. The predicted molar refractivity (Wildman–Crippen MR) is 81.4 cm³/mol. The van der Waals surface area contributed by atoms with Crippen molar-refractivity contribution in [3.63, 3.8) is 0 Å². The van der Waals surface area contributed by atoms with E-state index in [4.69, 9.17) is 5.73 Å². The zero-order valence-electron chi connectivity index (χ0n) is 11.0. The second-order valence-corrected chi connectivity index (χ2v) is 5.29. The van der Waals surface area contributed by atoms with Gasteiger partial charge in [0.1, 0.15) is 0 Å². The topological polar surface area (TPSA) is 46.2 Å². The Morgan fingerprint density at radius 2 is 1.68 bits per heavy atom. The minimum absolute atomic E-state index is 0.0745. The van der Waals surface area contributed by atoms with E-state index in [-0.39, 0.29) is 5.92 Å². The van der Waals surface area contributed by atoms with Gasteiger partial charge in [-0.3, -0.25) is 0 Å². The quantitative estimate of drug-likeness (QED) is 0.822. The summed E-state index contributed by atoms with van der Waals surface area (Å²) in [5.74, 6) is -0.0745. The van der Waals surface area contributed by atoms with E-state index in [1.54, 1.807) is 11.8 Å². The van der Waals surface area contributed by atoms with E-state index in [1.807, 2.05) is 60.9 Å². The van der Waals surface area contributed by atoms with Gasteiger partial charge in [0.15, 0.2) is 0 Å². The molecule has 2 aromatic carbocycles. The van der Waals surface area contributed by atoms with Gasteiger partial charge in [0, 0.05) is 17.4 Å². The molecule has 0 spiro atoms. The van der Waals surface area contributed by atoms with Crippen molar-refractivity contribution in [2.45, 2.75) is 16.9 Å². The van der Waals surface area contributed by atoms with Crippen LogP contribution in [0.5, 0.6) is 0 Å². The number of nitrogens with two attached hydrogens (primary N) is 1. The number of hydrogen-bond acceptors (Lipinski definition) is 3. The summed E-state index contributed by atoms with van der Waals surface area (Å²) in [5, 5.41) is 10.7. The zero-order valence-corrected chi connectivity index (χ0v) is 11.8. The highest BCUT2D eigenvalue weighted by molar-refractivity contribution is 7.98. The third-order valence-corrected chi connectivity index (χ3v) is 4.13. The molecule has 19 heavy (non-hydrogen) atoms. The number of hydrogen-bond donors (Lipinski definition) is 2. The van der Waals surface area contributed by atoms with E-state index in [1.165, 1.54) is 0 Å². The highest BCUT2D eigenvalue weighted by Gasteiger charge is 2.23. The third-order valence-electron chi connectivity index (χ3n) is 3.32. The van der Waals surface area contributed by atoms with Crippen LogP contribution in [0.3, 0.4) is 0 Å². The molecule has 0 radical (unpaired) electrons. The van der Waals surface area contributed by atoms with E-state index >= 15 is 0 Å². The van der Waals surface area contributed by atoms with Crippen molar-refractivity contribution >= 4 is 11.8 Å². The van der Waals surface area contributed by atoms with Crippen molar-refractivity contribution in [1.82, 2.24) is 0 Å². The fourth-order valence-electron chi connectivity index (χ4n) is 2.28. The Morgan fingerprint density at radius 3 is 2.32 bits per heavy atom. The van der Waals surface area contributed by atoms with Crippen LogP contribution < -0.4 is 5.73 Å². The molecule has 0 amide bonds. The van der Waals surface area contributed by atoms with Crippen LogP contribution >= 0.6 is 11.8 Å². The van der Waals surface area contributed by atoms with Crippen molar-refractivity contribution in [3.8, 4) is 0 Å². The summed E-state index contributed by atoms with van der Waals surface area (Å²) < 4.78 is 0. The second kappa shape index (κ2) is 6.75. The standard InChI is InChI=1S/C16H19NOS/c1-19-15-10-6-5-9-13(15)16(18)14(11-17)12-7-3-2-4-8-12/h2-10,14,16,18H,11,17H2,1H3. The van der Waals surface area contributed by atoms with Gasteiger partial charge >= 0.3 is 0 Å². The van der Waals surface area contributed by atoms with Crippen LogP contribution in [0, 0.1) is 0 Å². The average molecular weight is 273 g/mol. The molecular formula is C16H19NOS. The molecule has 2 rings (SSSR count). The number of aliphatic hydroxyl groups excluding tert-OH is 1. The predicted octanol–water partition coefficient (Wildman–Crippen LogP) is 3.18. The van der Waals surface area contributed by atoms with Crippen LogP contribution in [0.4, 0.5) is 0 Å². The first-order valence-corrected chi connectivity index (χ1v) is 7.56. The van der Waals surface area contributed by atoms with Crippen molar-refractivity contribution in [1.29, 1.82) is 0 Å². The summed E-state index contributed by atoms with van der Waals surface area (Å²) in [4.78, 5) is 1.10. The average Bonchev–Trinajstić information content (AvgIpc) is 2.49. The Morgan fingerprint density at radius 1 is 1.05 bits per heavy atom. The lowest BCUT2D eigenvalue weighted by molar-refractivity contribution is 0.145. The van der Waals surface area contributed by atoms with Crippen LogP contribution in [0.1, 0.15) is 23.1 Å². The molecule has 0 saturated carbocycles. The minimum Gasteiger partial charge on any atom is -0.388 e. The summed E-state index contributed by atoms with van der Waals surface area (Å²) in [6.07, 6.45) is 1.45. The van der Waals surface area contributed by atoms with Gasteiger partial charge in [-0.15, -0.1) is 11.8 Å². The van der Waals surface area contributed by atoms with E-state index in [9.17, 15) is 5.11 Å². The number of aliphatic hydroxyl groups is 1. The number of rotatable bonds is 5. The zero-order chi connectivity index (χ0) is 13.7. The van der Waals surface area contributed by atoms with E-state index in [0.717, 1.165) is 16.0 Å². The molecule has 0 fully saturated rings. The highest BCUT2D eigenvalue weighted by Crippen LogP contribution is 2.34. The first kappa shape index (κ1) is 14.1. The van der Waals surface area contributed by atoms with Crippen molar-refractivity contribution in [2.24, 2.45) is 5.73 Å². The Labute approximate surface area is 118 Å². The maximum absolute atomic E-state index is 10.7. The molecule has 0 aliphatic heterocycles. The van der Waals surface area contributed by atoms with Gasteiger partial charge in [-0.05, 0) is 23.4 Å². The monoisotopic (exact) mass is 273 g/mol. The summed E-state index contributed by atoms with van der Waals surface area (Å²) in [6.45, 7) is 0.424. The molecule has 0 aliphatic carbocycles. The van der Waals surface area contributed by atoms with E-state index in [0.29, 0.717) is 6.54 Å². The molecule has 0 saturated heterocycles. The summed E-state index contributed by atoms with van der Waals surface area (Å²) >= 11 is 1.65. The lowest BCUT2D eigenvalue weighted by Crippen LogP contribution is -2.20. The van der Waals surface area contributed by atoms with Crippen LogP contribution in [0.2, 0.25) is 0 Å². The first-order valence-electron chi connectivity index (χ1n) is 6.34. The molecule has 0 aliphatic rings. The Hall–Kier alpha value is -1.29. The maximum atomic E-state index is 10.7. The largest absolute Gasteiger partial charge is 0.388 e. The first-order chi connectivity index (χ1) is 9.27. The molecule has 2 nitrogen and oxygen atoms in total. The summed E-state index contributed by atoms with van der Waals surface area (Å²) in [7, 11) is 0. The smallest absolute Gasteiger partial charge is 0.0881 e. The second-order valence-electron chi connectivity index (χ2n) is 4.44. The molecular weight excluding hydrogens is 254 g/mol. The fraction of sp³-hybridized carbons (Fsp3) is 0.250. The molecule has 0 bridgehead atoms. The number of benzene rings is 2. The van der Waals surface area contributed by atoms with Crippen LogP contribution in [-0.2, 0) is 0 Å². The van der Waals surface area contributed by atoms with Gasteiger partial charge in [-0.2, -0.15) is 0 Å². The molecule has 0 heterocycles. The van der Waals surface area contributed by atoms with Gasteiger partial charge in [0.25, 0.3) is 0 Å². The normalized spacial score (nSPS) is 14.1. The summed E-state index contributed by atoms with van der Waals surface area (Å²) in [6, 6.07) is 17.9. The van der Waals surface area contributed by atoms with Gasteiger partial charge in [-0.25, -0.2) is 0 Å². The molecule has 2 aromatic rings. The van der Waals surface area contributed by atoms with Crippen molar-refractivity contribution in [2.75, 3.05) is 12.8 Å². The number of thioether (sulfide) groups is 1. The van der Waals surface area contributed by atoms with Crippen molar-refractivity contribution < 1.29 is 5.11 Å². The van der Waals surface area contributed by atoms with Crippen LogP contribution in [0.15, 0.2) is 59.5 Å². The lowest BCUT2D eigenvalue weighted by Gasteiger charge is -2.23. The maximum Gasteiger partial charge on any atom is 0.0881 e. The van der Waals surface area contributed by atoms with Gasteiger partial charge in [-0.1, -0.05) is 48.5 Å². The minimum atomic E-state index is -0.573. The van der Waals surface area contributed by atoms with Crippen LogP contribution in [-0.4, -0.2) is 17.9 Å². The molecule has 2 unspecified atom stereocenters. The highest BCUT2D eigenvalue weighted by atomic mass is 32.2. The SMILES string of the molecule is CSc1ccccc1C(O)C(CN)c1ccccc1. The molecule has 2 atom stereocenters. The lowest BCUT2D eigenvalue weighted by atomic mass is 9.89. The Balaban J connectivity index is 2.33.